The summed E-state index contributed by atoms with van der Waals surface area (Å²) in [6.07, 6.45) is 1.76. The fourth-order valence-corrected chi connectivity index (χ4v) is 1.70. The van der Waals surface area contributed by atoms with Gasteiger partial charge in [0, 0.05) is 4.47 Å². The van der Waals surface area contributed by atoms with E-state index in [1.165, 1.54) is 0 Å². The molecule has 0 aliphatic carbocycles. The summed E-state index contributed by atoms with van der Waals surface area (Å²) < 4.78 is 0.970. The Hall–Kier alpha value is -1.42. The van der Waals surface area contributed by atoms with E-state index in [4.69, 9.17) is 0 Å². The zero-order chi connectivity index (χ0) is 10.8. The lowest BCUT2D eigenvalue weighted by molar-refractivity contribution is -0.136. The maximum Gasteiger partial charge on any atom is 0.367 e. The second-order valence-electron chi connectivity index (χ2n) is 3.17. The normalized spacial score (nSPS) is 17.9. The Morgan fingerprint density at radius 2 is 2.27 bits per heavy atom. The lowest BCUT2D eigenvalue weighted by Gasteiger charge is -1.96. The molecule has 0 amide bonds. The standard InChI is InChI=1S/C11H8BrNO2/c1-7-10(11(14)15-13-7)6-8-3-2-4-9(12)5-8/h2-6H,1H3. The molecule has 2 rings (SSSR count). The molecule has 0 unspecified atom stereocenters. The Labute approximate surface area is 95.6 Å². The van der Waals surface area contributed by atoms with E-state index in [0.717, 1.165) is 10.0 Å². The van der Waals surface area contributed by atoms with E-state index in [-0.39, 0.29) is 0 Å². The van der Waals surface area contributed by atoms with Gasteiger partial charge in [-0.25, -0.2) is 4.79 Å². The molecule has 0 saturated carbocycles. The molecule has 1 aliphatic heterocycles. The van der Waals surface area contributed by atoms with Crippen LogP contribution in [0, 0.1) is 0 Å². The Balaban J connectivity index is 2.38. The van der Waals surface area contributed by atoms with Crippen LogP contribution in [0.2, 0.25) is 0 Å². The summed E-state index contributed by atoms with van der Waals surface area (Å²) in [6.45, 7) is 1.74. The summed E-state index contributed by atoms with van der Waals surface area (Å²) in [5.74, 6) is -0.396. The third kappa shape index (κ3) is 2.15. The van der Waals surface area contributed by atoms with Gasteiger partial charge in [0.1, 0.15) is 0 Å². The molecule has 76 valence electrons. The van der Waals surface area contributed by atoms with Gasteiger partial charge in [-0.2, -0.15) is 0 Å². The third-order valence-corrected chi connectivity index (χ3v) is 2.53. The maximum atomic E-state index is 11.3. The van der Waals surface area contributed by atoms with Crippen LogP contribution in [0.3, 0.4) is 0 Å². The van der Waals surface area contributed by atoms with Crippen LogP contribution in [-0.2, 0) is 9.63 Å². The first-order valence-corrected chi connectivity index (χ1v) is 5.20. The SMILES string of the molecule is CC1=NOC(=O)C1=Cc1cccc(Br)c1. The van der Waals surface area contributed by atoms with Crippen LogP contribution < -0.4 is 0 Å². The van der Waals surface area contributed by atoms with Gasteiger partial charge in [-0.3, -0.25) is 0 Å². The molecule has 0 fully saturated rings. The minimum absolute atomic E-state index is 0.396. The fourth-order valence-electron chi connectivity index (χ4n) is 1.28. The Kier molecular flexibility index (Phi) is 2.68. The Bertz CT molecular complexity index is 477. The summed E-state index contributed by atoms with van der Waals surface area (Å²) in [4.78, 5) is 15.8. The summed E-state index contributed by atoms with van der Waals surface area (Å²) in [7, 11) is 0. The van der Waals surface area contributed by atoms with Gasteiger partial charge in [0.15, 0.2) is 0 Å². The monoisotopic (exact) mass is 265 g/mol. The fraction of sp³-hybridized carbons (Fsp3) is 0.0909. The van der Waals surface area contributed by atoms with E-state index in [2.05, 4.69) is 25.9 Å². The van der Waals surface area contributed by atoms with E-state index >= 15 is 0 Å². The molecule has 0 atom stereocenters. The van der Waals surface area contributed by atoms with Crippen LogP contribution in [0.5, 0.6) is 0 Å². The van der Waals surface area contributed by atoms with Crippen molar-refractivity contribution >= 4 is 33.7 Å². The van der Waals surface area contributed by atoms with E-state index in [0.29, 0.717) is 11.3 Å². The average Bonchev–Trinajstić information content (AvgIpc) is 2.50. The highest BCUT2D eigenvalue weighted by Gasteiger charge is 2.21. The number of benzene rings is 1. The molecular formula is C11H8BrNO2. The molecule has 15 heavy (non-hydrogen) atoms. The lowest BCUT2D eigenvalue weighted by atomic mass is 10.1. The smallest absolute Gasteiger partial charge is 0.312 e. The maximum absolute atomic E-state index is 11.3. The summed E-state index contributed by atoms with van der Waals surface area (Å²) >= 11 is 3.37. The minimum atomic E-state index is -0.396. The molecule has 0 radical (unpaired) electrons. The Morgan fingerprint density at radius 1 is 1.47 bits per heavy atom. The molecule has 4 heteroatoms. The van der Waals surface area contributed by atoms with E-state index in [1.54, 1.807) is 13.0 Å². The highest BCUT2D eigenvalue weighted by molar-refractivity contribution is 9.10. The quantitative estimate of drug-likeness (QED) is 0.579. The van der Waals surface area contributed by atoms with Crippen molar-refractivity contribution in [2.45, 2.75) is 6.92 Å². The molecule has 0 N–H and O–H groups in total. The van der Waals surface area contributed by atoms with E-state index in [1.807, 2.05) is 24.3 Å². The molecule has 1 aromatic carbocycles. The molecule has 1 heterocycles. The van der Waals surface area contributed by atoms with Gasteiger partial charge in [-0.1, -0.05) is 33.2 Å². The van der Waals surface area contributed by atoms with Crippen LogP contribution >= 0.6 is 15.9 Å². The first-order valence-electron chi connectivity index (χ1n) is 4.40. The molecule has 0 bridgehead atoms. The van der Waals surface area contributed by atoms with Gasteiger partial charge in [0.05, 0.1) is 11.3 Å². The summed E-state index contributed by atoms with van der Waals surface area (Å²) in [6, 6.07) is 7.67. The second-order valence-corrected chi connectivity index (χ2v) is 4.08. The first kappa shape index (κ1) is 10.1. The molecule has 3 nitrogen and oxygen atoms in total. The number of hydrogen-bond donors (Lipinski definition) is 0. The van der Waals surface area contributed by atoms with Crippen LogP contribution in [0.15, 0.2) is 39.5 Å². The van der Waals surface area contributed by atoms with Gasteiger partial charge < -0.3 is 4.84 Å². The zero-order valence-corrected chi connectivity index (χ0v) is 9.61. The number of carbonyl (C=O) groups excluding carboxylic acids is 1. The van der Waals surface area contributed by atoms with Gasteiger partial charge in [0.25, 0.3) is 0 Å². The summed E-state index contributed by atoms with van der Waals surface area (Å²) in [5.41, 5.74) is 2.06. The van der Waals surface area contributed by atoms with Crippen molar-refractivity contribution < 1.29 is 9.63 Å². The minimum Gasteiger partial charge on any atom is -0.312 e. The summed E-state index contributed by atoms with van der Waals surface area (Å²) in [5, 5.41) is 3.60. The molecular weight excluding hydrogens is 258 g/mol. The van der Waals surface area contributed by atoms with Gasteiger partial charge in [-0.05, 0) is 30.7 Å². The van der Waals surface area contributed by atoms with Crippen molar-refractivity contribution in [2.75, 3.05) is 0 Å². The lowest BCUT2D eigenvalue weighted by Crippen LogP contribution is -2.01. The van der Waals surface area contributed by atoms with E-state index in [9.17, 15) is 4.79 Å². The van der Waals surface area contributed by atoms with Crippen LogP contribution in [0.4, 0.5) is 0 Å². The molecule has 1 aromatic rings. The number of halogens is 1. The molecule has 0 saturated heterocycles. The largest absolute Gasteiger partial charge is 0.367 e. The van der Waals surface area contributed by atoms with E-state index < -0.39 is 5.97 Å². The van der Waals surface area contributed by atoms with Gasteiger partial charge in [0.2, 0.25) is 0 Å². The number of carbonyl (C=O) groups is 1. The topological polar surface area (TPSA) is 38.7 Å². The molecule has 0 aromatic heterocycles. The number of oxime groups is 1. The number of rotatable bonds is 1. The Morgan fingerprint density at radius 3 is 2.87 bits per heavy atom. The first-order chi connectivity index (χ1) is 7.16. The zero-order valence-electron chi connectivity index (χ0n) is 8.03. The van der Waals surface area contributed by atoms with Crippen LogP contribution in [0.25, 0.3) is 6.08 Å². The van der Waals surface area contributed by atoms with Crippen LogP contribution in [-0.4, -0.2) is 11.7 Å². The molecule has 1 aliphatic rings. The van der Waals surface area contributed by atoms with Gasteiger partial charge in [-0.15, -0.1) is 0 Å². The van der Waals surface area contributed by atoms with Crippen molar-refractivity contribution in [1.82, 2.24) is 0 Å². The van der Waals surface area contributed by atoms with Crippen molar-refractivity contribution in [1.29, 1.82) is 0 Å². The number of hydrogen-bond acceptors (Lipinski definition) is 3. The highest BCUT2D eigenvalue weighted by Crippen LogP contribution is 2.18. The molecule has 0 spiro atoms. The van der Waals surface area contributed by atoms with Crippen LogP contribution in [0.1, 0.15) is 12.5 Å². The predicted octanol–water partition coefficient (Wildman–Crippen LogP) is 2.77. The van der Waals surface area contributed by atoms with Crippen molar-refractivity contribution in [3.63, 3.8) is 0 Å². The van der Waals surface area contributed by atoms with Crippen molar-refractivity contribution in [2.24, 2.45) is 5.16 Å². The third-order valence-electron chi connectivity index (χ3n) is 2.03. The average molecular weight is 266 g/mol. The second kappa shape index (κ2) is 3.98. The number of nitrogens with zero attached hydrogens (tertiary/aromatic N) is 1. The van der Waals surface area contributed by atoms with Crippen molar-refractivity contribution in [3.05, 3.63) is 39.9 Å². The highest BCUT2D eigenvalue weighted by atomic mass is 79.9. The van der Waals surface area contributed by atoms with Crippen molar-refractivity contribution in [3.8, 4) is 0 Å². The van der Waals surface area contributed by atoms with Gasteiger partial charge >= 0.3 is 5.97 Å². The predicted molar refractivity (Wildman–Crippen MR) is 61.3 cm³/mol.